The third-order valence-corrected chi connectivity index (χ3v) is 3.67. The average Bonchev–Trinajstić information content (AvgIpc) is 2.28. The van der Waals surface area contributed by atoms with Gasteiger partial charge in [-0.15, -0.1) is 0 Å². The molecular weight excluding hydrogens is 212 g/mol. The zero-order valence-corrected chi connectivity index (χ0v) is 11.6. The van der Waals surface area contributed by atoms with Gasteiger partial charge < -0.3 is 10.6 Å². The molecule has 100 valence electrons. The largest absolute Gasteiger partial charge is 0.341 e. The van der Waals surface area contributed by atoms with Crippen molar-refractivity contribution in [3.05, 3.63) is 0 Å². The Kier molecular flexibility index (Phi) is 5.96. The van der Waals surface area contributed by atoms with E-state index in [2.05, 4.69) is 20.8 Å². The van der Waals surface area contributed by atoms with E-state index in [1.54, 1.807) is 0 Å². The average molecular weight is 240 g/mol. The number of rotatable bonds is 5. The van der Waals surface area contributed by atoms with Crippen LogP contribution in [0.2, 0.25) is 0 Å². The molecule has 3 nitrogen and oxygen atoms in total. The van der Waals surface area contributed by atoms with Crippen LogP contribution in [0.1, 0.15) is 52.9 Å². The van der Waals surface area contributed by atoms with Gasteiger partial charge in [0.2, 0.25) is 5.91 Å². The Balaban J connectivity index is 2.35. The van der Waals surface area contributed by atoms with Gasteiger partial charge in [-0.3, -0.25) is 4.79 Å². The molecule has 0 spiro atoms. The summed E-state index contributed by atoms with van der Waals surface area (Å²) in [4.78, 5) is 14.1. The maximum absolute atomic E-state index is 12.1. The first-order valence-corrected chi connectivity index (χ1v) is 7.09. The lowest BCUT2D eigenvalue weighted by Gasteiger charge is -2.33. The molecule has 1 heterocycles. The van der Waals surface area contributed by atoms with Crippen molar-refractivity contribution in [3.8, 4) is 0 Å². The summed E-state index contributed by atoms with van der Waals surface area (Å²) in [7, 11) is 0. The minimum absolute atomic E-state index is 0.161. The predicted octanol–water partition coefficient (Wildman–Crippen LogP) is 2.40. The number of amides is 1. The minimum atomic E-state index is -0.294. The fraction of sp³-hybridized carbons (Fsp3) is 0.929. The Hall–Kier alpha value is -0.570. The number of hydrogen-bond acceptors (Lipinski definition) is 2. The van der Waals surface area contributed by atoms with E-state index in [1.165, 1.54) is 12.8 Å². The molecule has 1 saturated heterocycles. The molecule has 0 saturated carbocycles. The Morgan fingerprint density at radius 2 is 1.94 bits per heavy atom. The van der Waals surface area contributed by atoms with E-state index in [-0.39, 0.29) is 11.9 Å². The lowest BCUT2D eigenvalue weighted by atomic mass is 9.92. The van der Waals surface area contributed by atoms with Gasteiger partial charge in [-0.25, -0.2) is 0 Å². The molecule has 1 atom stereocenters. The van der Waals surface area contributed by atoms with Crippen LogP contribution in [-0.2, 0) is 4.79 Å². The standard InChI is InChI=1S/C14H28N2O/c1-4-5-12-6-8-16(9-7-12)14(17)13(15)10-11(2)3/h11-13H,4-10,15H2,1-3H3. The zero-order valence-electron chi connectivity index (χ0n) is 11.6. The van der Waals surface area contributed by atoms with Crippen molar-refractivity contribution in [2.45, 2.75) is 58.9 Å². The fourth-order valence-corrected chi connectivity index (χ4v) is 2.69. The number of piperidine rings is 1. The molecule has 0 aromatic rings. The van der Waals surface area contributed by atoms with E-state index in [0.717, 1.165) is 38.3 Å². The van der Waals surface area contributed by atoms with Crippen molar-refractivity contribution in [2.75, 3.05) is 13.1 Å². The Morgan fingerprint density at radius 1 is 1.35 bits per heavy atom. The van der Waals surface area contributed by atoms with E-state index in [9.17, 15) is 4.79 Å². The van der Waals surface area contributed by atoms with Crippen molar-refractivity contribution in [1.29, 1.82) is 0 Å². The fourth-order valence-electron chi connectivity index (χ4n) is 2.69. The number of carbonyl (C=O) groups is 1. The molecule has 2 N–H and O–H groups in total. The third-order valence-electron chi connectivity index (χ3n) is 3.67. The lowest BCUT2D eigenvalue weighted by Crippen LogP contribution is -2.47. The Morgan fingerprint density at radius 3 is 2.41 bits per heavy atom. The molecule has 1 fully saturated rings. The van der Waals surface area contributed by atoms with Gasteiger partial charge in [0.25, 0.3) is 0 Å². The second-order valence-electron chi connectivity index (χ2n) is 5.79. The highest BCUT2D eigenvalue weighted by molar-refractivity contribution is 5.81. The predicted molar refractivity (Wildman–Crippen MR) is 71.6 cm³/mol. The van der Waals surface area contributed by atoms with Gasteiger partial charge >= 0.3 is 0 Å². The van der Waals surface area contributed by atoms with Crippen molar-refractivity contribution in [3.63, 3.8) is 0 Å². The van der Waals surface area contributed by atoms with E-state index in [1.807, 2.05) is 4.90 Å². The summed E-state index contributed by atoms with van der Waals surface area (Å²) in [6, 6.07) is -0.294. The molecule has 0 aliphatic carbocycles. The third kappa shape index (κ3) is 4.66. The Labute approximate surface area is 106 Å². The van der Waals surface area contributed by atoms with Crippen molar-refractivity contribution < 1.29 is 4.79 Å². The summed E-state index contributed by atoms with van der Waals surface area (Å²) in [6.45, 7) is 8.28. The summed E-state index contributed by atoms with van der Waals surface area (Å²) in [5, 5.41) is 0. The number of carbonyl (C=O) groups excluding carboxylic acids is 1. The van der Waals surface area contributed by atoms with E-state index in [4.69, 9.17) is 5.73 Å². The van der Waals surface area contributed by atoms with Crippen LogP contribution < -0.4 is 5.73 Å². The quantitative estimate of drug-likeness (QED) is 0.802. The molecule has 1 aliphatic heterocycles. The summed E-state index contributed by atoms with van der Waals surface area (Å²) in [5.41, 5.74) is 5.95. The van der Waals surface area contributed by atoms with Crippen LogP contribution >= 0.6 is 0 Å². The summed E-state index contributed by atoms with van der Waals surface area (Å²) in [6.07, 6.45) is 5.68. The molecule has 1 aliphatic rings. The second kappa shape index (κ2) is 7.00. The van der Waals surface area contributed by atoms with Gasteiger partial charge in [0.15, 0.2) is 0 Å². The van der Waals surface area contributed by atoms with E-state index >= 15 is 0 Å². The number of nitrogens with two attached hydrogens (primary N) is 1. The maximum Gasteiger partial charge on any atom is 0.239 e. The van der Waals surface area contributed by atoms with Crippen LogP contribution in [0.25, 0.3) is 0 Å². The van der Waals surface area contributed by atoms with E-state index in [0.29, 0.717) is 5.92 Å². The van der Waals surface area contributed by atoms with Crippen LogP contribution in [-0.4, -0.2) is 29.9 Å². The monoisotopic (exact) mass is 240 g/mol. The van der Waals surface area contributed by atoms with Crippen LogP contribution in [0.4, 0.5) is 0 Å². The number of hydrogen-bond donors (Lipinski definition) is 1. The first-order valence-electron chi connectivity index (χ1n) is 7.09. The first kappa shape index (κ1) is 14.5. The van der Waals surface area contributed by atoms with Gasteiger partial charge in [-0.1, -0.05) is 33.6 Å². The molecule has 0 bridgehead atoms. The molecular formula is C14H28N2O. The highest BCUT2D eigenvalue weighted by Crippen LogP contribution is 2.22. The van der Waals surface area contributed by atoms with Gasteiger partial charge in [-0.2, -0.15) is 0 Å². The van der Waals surface area contributed by atoms with Crippen LogP contribution in [0, 0.1) is 11.8 Å². The maximum atomic E-state index is 12.1. The summed E-state index contributed by atoms with van der Waals surface area (Å²) >= 11 is 0. The zero-order chi connectivity index (χ0) is 12.8. The molecule has 1 rings (SSSR count). The van der Waals surface area contributed by atoms with E-state index < -0.39 is 0 Å². The molecule has 3 heteroatoms. The summed E-state index contributed by atoms with van der Waals surface area (Å²) < 4.78 is 0. The second-order valence-corrected chi connectivity index (χ2v) is 5.79. The number of likely N-dealkylation sites (tertiary alicyclic amines) is 1. The van der Waals surface area contributed by atoms with Crippen molar-refractivity contribution in [1.82, 2.24) is 4.90 Å². The number of nitrogens with zero attached hydrogens (tertiary/aromatic N) is 1. The highest BCUT2D eigenvalue weighted by atomic mass is 16.2. The SMILES string of the molecule is CCCC1CCN(C(=O)C(N)CC(C)C)CC1. The molecule has 0 aromatic heterocycles. The van der Waals surface area contributed by atoms with Gasteiger partial charge in [0.1, 0.15) is 0 Å². The first-order chi connectivity index (χ1) is 8.04. The van der Waals surface area contributed by atoms with Crippen LogP contribution in [0.15, 0.2) is 0 Å². The van der Waals surface area contributed by atoms with Crippen LogP contribution in [0.5, 0.6) is 0 Å². The highest BCUT2D eigenvalue weighted by Gasteiger charge is 2.26. The normalized spacial score (nSPS) is 19.7. The lowest BCUT2D eigenvalue weighted by molar-refractivity contribution is -0.134. The molecule has 0 radical (unpaired) electrons. The van der Waals surface area contributed by atoms with Crippen molar-refractivity contribution >= 4 is 5.91 Å². The summed E-state index contributed by atoms with van der Waals surface area (Å²) in [5.74, 6) is 1.48. The molecule has 1 unspecified atom stereocenters. The minimum Gasteiger partial charge on any atom is -0.341 e. The Bertz CT molecular complexity index is 232. The van der Waals surface area contributed by atoms with Gasteiger partial charge in [0, 0.05) is 13.1 Å². The topological polar surface area (TPSA) is 46.3 Å². The van der Waals surface area contributed by atoms with Gasteiger partial charge in [-0.05, 0) is 31.1 Å². The van der Waals surface area contributed by atoms with Gasteiger partial charge in [0.05, 0.1) is 6.04 Å². The van der Waals surface area contributed by atoms with Crippen molar-refractivity contribution in [2.24, 2.45) is 17.6 Å². The molecule has 1 amide bonds. The molecule has 17 heavy (non-hydrogen) atoms. The van der Waals surface area contributed by atoms with Crippen LogP contribution in [0.3, 0.4) is 0 Å². The molecule has 0 aromatic carbocycles. The smallest absolute Gasteiger partial charge is 0.239 e.